The Morgan fingerprint density at radius 2 is 2.11 bits per heavy atom. The molecule has 0 unspecified atom stereocenters. The van der Waals surface area contributed by atoms with Crippen LogP contribution in [0.1, 0.15) is 29.6 Å². The van der Waals surface area contributed by atoms with E-state index in [0.29, 0.717) is 6.54 Å². The van der Waals surface area contributed by atoms with E-state index in [9.17, 15) is 13.6 Å². The van der Waals surface area contributed by atoms with Gasteiger partial charge in [-0.2, -0.15) is 0 Å². The first-order valence-corrected chi connectivity index (χ1v) is 6.16. The molecule has 8 heteroatoms. The lowest BCUT2D eigenvalue weighted by Gasteiger charge is -2.22. The largest absolute Gasteiger partial charge is 0.478 e. The molecule has 0 aliphatic carbocycles. The lowest BCUT2D eigenvalue weighted by atomic mass is 10.1. The molecule has 5 nitrogen and oxygen atoms in total. The smallest absolute Gasteiger partial charge is 0.339 e. The van der Waals surface area contributed by atoms with Crippen molar-refractivity contribution in [1.82, 2.24) is 10.2 Å². The van der Waals surface area contributed by atoms with Crippen LogP contribution in [0.2, 0.25) is 5.15 Å². The average molecular weight is 292 g/mol. The topological polar surface area (TPSA) is 66.3 Å². The average Bonchev–Trinajstić information content (AvgIpc) is 2.50. The number of rotatable bonds is 2. The quantitative estimate of drug-likeness (QED) is 0.906. The molecule has 2 heterocycles. The van der Waals surface area contributed by atoms with Gasteiger partial charge in [0.25, 0.3) is 0 Å². The summed E-state index contributed by atoms with van der Waals surface area (Å²) in [5.41, 5.74) is -0.120. The minimum atomic E-state index is -2.71. The van der Waals surface area contributed by atoms with Gasteiger partial charge in [0.1, 0.15) is 5.56 Å². The van der Waals surface area contributed by atoms with Crippen molar-refractivity contribution < 1.29 is 18.7 Å². The molecule has 0 spiro atoms. The van der Waals surface area contributed by atoms with Gasteiger partial charge in [-0.05, 0) is 12.5 Å². The van der Waals surface area contributed by atoms with Crippen LogP contribution in [0.15, 0.2) is 6.07 Å². The highest BCUT2D eigenvalue weighted by molar-refractivity contribution is 6.29. The van der Waals surface area contributed by atoms with Crippen LogP contribution in [0.3, 0.4) is 0 Å². The molecule has 0 radical (unpaired) electrons. The third kappa shape index (κ3) is 3.28. The predicted octanol–water partition coefficient (Wildman–Crippen LogP) is 2.45. The fraction of sp³-hybridized carbons (Fsp3) is 0.545. The molecule has 1 fully saturated rings. The molecule has 1 N–H and O–H groups in total. The zero-order valence-electron chi connectivity index (χ0n) is 9.94. The third-order valence-electron chi connectivity index (χ3n) is 2.99. The zero-order valence-corrected chi connectivity index (χ0v) is 10.7. The highest BCUT2D eigenvalue weighted by Crippen LogP contribution is 2.30. The molecule has 0 aromatic carbocycles. The number of aromatic nitrogens is 2. The zero-order chi connectivity index (χ0) is 14.0. The van der Waals surface area contributed by atoms with Gasteiger partial charge in [-0.3, -0.25) is 0 Å². The monoisotopic (exact) mass is 291 g/mol. The molecule has 104 valence electrons. The molecular weight excluding hydrogens is 280 g/mol. The van der Waals surface area contributed by atoms with E-state index >= 15 is 0 Å². The van der Waals surface area contributed by atoms with Crippen LogP contribution in [0, 0.1) is 0 Å². The number of alkyl halides is 2. The molecule has 1 aromatic rings. The van der Waals surface area contributed by atoms with E-state index in [-0.39, 0.29) is 42.3 Å². The molecule has 19 heavy (non-hydrogen) atoms. The Bertz CT molecular complexity index is 499. The summed E-state index contributed by atoms with van der Waals surface area (Å²) in [5.74, 6) is -3.82. The molecule has 1 aromatic heterocycles. The molecule has 1 aliphatic rings. The summed E-state index contributed by atoms with van der Waals surface area (Å²) in [4.78, 5) is 12.7. The number of carboxylic acids is 1. The number of nitrogens with zero attached hydrogens (tertiary/aromatic N) is 3. The summed E-state index contributed by atoms with van der Waals surface area (Å²) in [6.45, 7) is 0.371. The number of anilines is 1. The van der Waals surface area contributed by atoms with Crippen LogP contribution >= 0.6 is 11.6 Å². The molecule has 1 saturated heterocycles. The van der Waals surface area contributed by atoms with Gasteiger partial charge in [0.05, 0.1) is 0 Å². The molecule has 0 atom stereocenters. The van der Waals surface area contributed by atoms with Crippen molar-refractivity contribution in [3.63, 3.8) is 0 Å². The van der Waals surface area contributed by atoms with Crippen molar-refractivity contribution in [2.24, 2.45) is 0 Å². The van der Waals surface area contributed by atoms with Crippen molar-refractivity contribution in [1.29, 1.82) is 0 Å². The minimum Gasteiger partial charge on any atom is -0.478 e. The summed E-state index contributed by atoms with van der Waals surface area (Å²) in [5, 5.41) is 16.4. The highest BCUT2D eigenvalue weighted by atomic mass is 35.5. The van der Waals surface area contributed by atoms with Crippen LogP contribution in [-0.2, 0) is 0 Å². The Morgan fingerprint density at radius 3 is 2.79 bits per heavy atom. The van der Waals surface area contributed by atoms with Gasteiger partial charge in [0.15, 0.2) is 11.0 Å². The van der Waals surface area contributed by atoms with Gasteiger partial charge in [0, 0.05) is 25.9 Å². The van der Waals surface area contributed by atoms with Crippen LogP contribution in [-0.4, -0.2) is 40.3 Å². The van der Waals surface area contributed by atoms with Gasteiger partial charge in [-0.1, -0.05) is 11.6 Å². The predicted molar refractivity (Wildman–Crippen MR) is 65.0 cm³/mol. The first kappa shape index (κ1) is 13.9. The second kappa shape index (κ2) is 5.24. The van der Waals surface area contributed by atoms with E-state index in [0.717, 1.165) is 0 Å². The maximum Gasteiger partial charge on any atom is 0.339 e. The number of carboxylic acid groups (broad SMARTS) is 1. The van der Waals surface area contributed by atoms with Crippen molar-refractivity contribution in [2.45, 2.75) is 25.2 Å². The van der Waals surface area contributed by atoms with Crippen molar-refractivity contribution in [3.05, 3.63) is 16.8 Å². The molecule has 1 aliphatic heterocycles. The van der Waals surface area contributed by atoms with E-state index in [1.54, 1.807) is 0 Å². The number of hydrogen-bond acceptors (Lipinski definition) is 4. The minimum absolute atomic E-state index is 0.0405. The number of halogens is 3. The van der Waals surface area contributed by atoms with Crippen LogP contribution in [0.25, 0.3) is 0 Å². The number of aromatic carboxylic acids is 1. The van der Waals surface area contributed by atoms with Crippen molar-refractivity contribution >= 4 is 23.4 Å². The third-order valence-corrected chi connectivity index (χ3v) is 3.18. The molecule has 0 amide bonds. The number of hydrogen-bond donors (Lipinski definition) is 1. The fourth-order valence-electron chi connectivity index (χ4n) is 2.03. The highest BCUT2D eigenvalue weighted by Gasteiger charge is 2.33. The van der Waals surface area contributed by atoms with Gasteiger partial charge in [0.2, 0.25) is 5.92 Å². The van der Waals surface area contributed by atoms with Crippen LogP contribution in [0.5, 0.6) is 0 Å². The summed E-state index contributed by atoms with van der Waals surface area (Å²) in [6, 6.07) is 1.18. The van der Waals surface area contributed by atoms with E-state index < -0.39 is 11.9 Å². The van der Waals surface area contributed by atoms with Crippen molar-refractivity contribution in [2.75, 3.05) is 18.0 Å². The lowest BCUT2D eigenvalue weighted by molar-refractivity contribution is -0.0102. The summed E-state index contributed by atoms with van der Waals surface area (Å²) >= 11 is 5.60. The van der Waals surface area contributed by atoms with Gasteiger partial charge >= 0.3 is 5.97 Å². The van der Waals surface area contributed by atoms with E-state index in [2.05, 4.69) is 10.2 Å². The summed E-state index contributed by atoms with van der Waals surface area (Å²) in [7, 11) is 0. The summed E-state index contributed by atoms with van der Waals surface area (Å²) in [6.07, 6.45) is -0.250. The molecule has 0 bridgehead atoms. The van der Waals surface area contributed by atoms with Gasteiger partial charge < -0.3 is 10.0 Å². The maximum atomic E-state index is 13.3. The van der Waals surface area contributed by atoms with Gasteiger partial charge in [-0.25, -0.2) is 13.6 Å². The van der Waals surface area contributed by atoms with E-state index in [1.807, 2.05) is 0 Å². The standard InChI is InChI=1S/C11H12ClF2N3O2/c12-8-6-7(10(18)19)9(16-15-8)17-4-1-2-11(13,14)3-5-17/h6H,1-5H2,(H,18,19). The SMILES string of the molecule is O=C(O)c1cc(Cl)nnc1N1CCCC(F)(F)CC1. The maximum absolute atomic E-state index is 13.3. The Morgan fingerprint density at radius 1 is 1.37 bits per heavy atom. The van der Waals surface area contributed by atoms with Crippen LogP contribution in [0.4, 0.5) is 14.6 Å². The normalized spacial score (nSPS) is 19.0. The summed E-state index contributed by atoms with van der Waals surface area (Å²) < 4.78 is 26.6. The van der Waals surface area contributed by atoms with Gasteiger partial charge in [-0.15, -0.1) is 10.2 Å². The Labute approximate surface area is 113 Å². The van der Waals surface area contributed by atoms with E-state index in [1.165, 1.54) is 11.0 Å². The van der Waals surface area contributed by atoms with E-state index in [4.69, 9.17) is 16.7 Å². The van der Waals surface area contributed by atoms with Crippen LogP contribution < -0.4 is 4.90 Å². The fourth-order valence-corrected chi connectivity index (χ4v) is 2.18. The van der Waals surface area contributed by atoms with Crippen molar-refractivity contribution in [3.8, 4) is 0 Å². The Balaban J connectivity index is 2.29. The Hall–Kier alpha value is -1.50. The lowest BCUT2D eigenvalue weighted by Crippen LogP contribution is -2.28. The first-order chi connectivity index (χ1) is 8.89. The Kier molecular flexibility index (Phi) is 3.84. The molecule has 2 rings (SSSR count). The molecule has 0 saturated carbocycles. The molecular formula is C11H12ClF2N3O2. The second-order valence-corrected chi connectivity index (χ2v) is 4.79. The first-order valence-electron chi connectivity index (χ1n) is 5.78. The second-order valence-electron chi connectivity index (χ2n) is 4.41. The number of carbonyl (C=O) groups is 1.